The molecule has 0 unspecified atom stereocenters. The van der Waals surface area contributed by atoms with Crippen LogP contribution >= 0.6 is 0 Å². The Balaban J connectivity index is 2.11. The molecule has 5 nitrogen and oxygen atoms in total. The Bertz CT molecular complexity index is 535. The van der Waals surface area contributed by atoms with Crippen LogP contribution in [0.1, 0.15) is 18.4 Å². The van der Waals surface area contributed by atoms with Crippen LogP contribution in [0.5, 0.6) is 5.75 Å². The minimum Gasteiger partial charge on any atom is -0.480 e. The van der Waals surface area contributed by atoms with Gasteiger partial charge in [-0.05, 0) is 18.9 Å². The first-order valence-corrected chi connectivity index (χ1v) is 6.54. The molecule has 1 aromatic rings. The Morgan fingerprint density at radius 1 is 1.38 bits per heavy atom. The first-order valence-electron chi connectivity index (χ1n) is 6.54. The monoisotopic (exact) mass is 299 g/mol. The van der Waals surface area contributed by atoms with E-state index in [1.807, 2.05) is 0 Å². The molecule has 0 radical (unpaired) electrons. The number of para-hydroxylation sites is 1. The van der Waals surface area contributed by atoms with E-state index in [2.05, 4.69) is 4.74 Å². The van der Waals surface area contributed by atoms with E-state index in [1.54, 1.807) is 6.07 Å². The molecule has 1 N–H and O–H groups in total. The molecule has 21 heavy (non-hydrogen) atoms. The summed E-state index contributed by atoms with van der Waals surface area (Å²) in [5, 5.41) is 9.05. The highest BCUT2D eigenvalue weighted by Crippen LogP contribution is 2.24. The maximum Gasteiger partial charge on any atom is 0.387 e. The minimum absolute atomic E-state index is 0.0630. The summed E-state index contributed by atoms with van der Waals surface area (Å²) in [6.45, 7) is -2.60. The van der Waals surface area contributed by atoms with Crippen molar-refractivity contribution in [2.75, 3.05) is 6.54 Å². The van der Waals surface area contributed by atoms with E-state index in [-0.39, 0.29) is 12.2 Å². The van der Waals surface area contributed by atoms with Crippen molar-refractivity contribution in [3.05, 3.63) is 29.8 Å². The van der Waals surface area contributed by atoms with Crippen LogP contribution in [0.3, 0.4) is 0 Å². The Kier molecular flexibility index (Phi) is 4.72. The molecule has 1 aliphatic heterocycles. The van der Waals surface area contributed by atoms with Gasteiger partial charge in [0.05, 0.1) is 6.42 Å². The standard InChI is InChI=1S/C14H15F2NO4/c15-14(16)21-11-6-2-1-4-9(11)8-12(18)17-7-3-5-10(17)13(19)20/h1-2,4,6,10,14H,3,5,7-8H2,(H,19,20)/t10-/m0/s1. The fourth-order valence-corrected chi connectivity index (χ4v) is 2.45. The van der Waals surface area contributed by atoms with Crippen LogP contribution in [0.25, 0.3) is 0 Å². The molecule has 7 heteroatoms. The van der Waals surface area contributed by atoms with Crippen molar-refractivity contribution in [2.45, 2.75) is 31.9 Å². The first kappa shape index (κ1) is 15.2. The number of benzene rings is 1. The van der Waals surface area contributed by atoms with Gasteiger partial charge in [-0.1, -0.05) is 18.2 Å². The average molecular weight is 299 g/mol. The van der Waals surface area contributed by atoms with Gasteiger partial charge in [-0.3, -0.25) is 4.79 Å². The van der Waals surface area contributed by atoms with E-state index in [1.165, 1.54) is 23.1 Å². The lowest BCUT2D eigenvalue weighted by atomic mass is 10.1. The Hall–Kier alpha value is -2.18. The van der Waals surface area contributed by atoms with Gasteiger partial charge >= 0.3 is 12.6 Å². The van der Waals surface area contributed by atoms with Crippen LogP contribution in [-0.2, 0) is 16.0 Å². The van der Waals surface area contributed by atoms with Crippen LogP contribution in [0.2, 0.25) is 0 Å². The number of hydrogen-bond acceptors (Lipinski definition) is 3. The number of alkyl halides is 2. The van der Waals surface area contributed by atoms with Gasteiger partial charge in [0.1, 0.15) is 11.8 Å². The summed E-state index contributed by atoms with van der Waals surface area (Å²) < 4.78 is 29.0. The summed E-state index contributed by atoms with van der Waals surface area (Å²) in [5.74, 6) is -1.50. The SMILES string of the molecule is O=C(O)[C@@H]1CCCN1C(=O)Cc1ccccc1OC(F)F. The van der Waals surface area contributed by atoms with E-state index < -0.39 is 24.5 Å². The second-order valence-corrected chi connectivity index (χ2v) is 4.75. The normalized spacial score (nSPS) is 18.0. The topological polar surface area (TPSA) is 66.8 Å². The van der Waals surface area contributed by atoms with Crippen LogP contribution in [-0.4, -0.2) is 41.1 Å². The number of hydrogen-bond donors (Lipinski definition) is 1. The number of halogens is 2. The molecule has 114 valence electrons. The maximum atomic E-state index is 12.3. The van der Waals surface area contributed by atoms with Crippen LogP contribution < -0.4 is 4.74 Å². The third-order valence-electron chi connectivity index (χ3n) is 3.39. The minimum atomic E-state index is -2.97. The third kappa shape index (κ3) is 3.68. The van der Waals surface area contributed by atoms with Gasteiger partial charge in [-0.25, -0.2) is 4.79 Å². The molecule has 1 aliphatic rings. The lowest BCUT2D eigenvalue weighted by molar-refractivity contribution is -0.148. The van der Waals surface area contributed by atoms with Gasteiger partial charge in [0, 0.05) is 12.1 Å². The Morgan fingerprint density at radius 3 is 2.76 bits per heavy atom. The number of carboxylic acids is 1. The molecular formula is C14H15F2NO4. The number of amides is 1. The number of aliphatic carboxylic acids is 1. The Morgan fingerprint density at radius 2 is 2.10 bits per heavy atom. The number of nitrogens with zero attached hydrogens (tertiary/aromatic N) is 1. The number of likely N-dealkylation sites (tertiary alicyclic amines) is 1. The van der Waals surface area contributed by atoms with E-state index in [9.17, 15) is 18.4 Å². The third-order valence-corrected chi connectivity index (χ3v) is 3.39. The van der Waals surface area contributed by atoms with Crippen molar-refractivity contribution < 1.29 is 28.2 Å². The molecule has 0 bridgehead atoms. The molecule has 1 aromatic carbocycles. The summed E-state index contributed by atoms with van der Waals surface area (Å²) in [6, 6.07) is 5.18. The second kappa shape index (κ2) is 6.51. The molecule has 1 heterocycles. The van der Waals surface area contributed by atoms with Crippen LogP contribution in [0, 0.1) is 0 Å². The zero-order valence-electron chi connectivity index (χ0n) is 11.2. The van der Waals surface area contributed by atoms with Crippen molar-refractivity contribution >= 4 is 11.9 Å². The summed E-state index contributed by atoms with van der Waals surface area (Å²) in [5.41, 5.74) is 0.318. The van der Waals surface area contributed by atoms with E-state index in [4.69, 9.17) is 5.11 Å². The number of carbonyl (C=O) groups excluding carboxylic acids is 1. The van der Waals surface area contributed by atoms with Crippen molar-refractivity contribution in [2.24, 2.45) is 0 Å². The van der Waals surface area contributed by atoms with Crippen molar-refractivity contribution in [3.8, 4) is 5.75 Å². The molecule has 0 aromatic heterocycles. The van der Waals surface area contributed by atoms with Gasteiger partial charge in [0.2, 0.25) is 5.91 Å². The maximum absolute atomic E-state index is 12.3. The first-order chi connectivity index (χ1) is 9.99. The summed E-state index contributed by atoms with van der Waals surface area (Å²) in [6.07, 6.45) is 0.876. The number of ether oxygens (including phenoxy) is 1. The van der Waals surface area contributed by atoms with Gasteiger partial charge in [-0.2, -0.15) is 8.78 Å². The fourth-order valence-electron chi connectivity index (χ4n) is 2.45. The highest BCUT2D eigenvalue weighted by Gasteiger charge is 2.34. The molecule has 1 amide bonds. The smallest absolute Gasteiger partial charge is 0.387 e. The summed E-state index contributed by atoms with van der Waals surface area (Å²) in [7, 11) is 0. The molecule has 0 aliphatic carbocycles. The lowest BCUT2D eigenvalue weighted by Crippen LogP contribution is -2.41. The lowest BCUT2D eigenvalue weighted by Gasteiger charge is -2.22. The van der Waals surface area contributed by atoms with Crippen molar-refractivity contribution in [1.82, 2.24) is 4.90 Å². The number of carboxylic acid groups (broad SMARTS) is 1. The van der Waals surface area contributed by atoms with Crippen molar-refractivity contribution in [1.29, 1.82) is 0 Å². The highest BCUT2D eigenvalue weighted by atomic mass is 19.3. The number of rotatable bonds is 5. The van der Waals surface area contributed by atoms with Gasteiger partial charge in [-0.15, -0.1) is 0 Å². The van der Waals surface area contributed by atoms with Gasteiger partial charge in [0.25, 0.3) is 0 Å². The van der Waals surface area contributed by atoms with Gasteiger partial charge in [0.15, 0.2) is 0 Å². The zero-order valence-corrected chi connectivity index (χ0v) is 11.2. The molecular weight excluding hydrogens is 284 g/mol. The predicted octanol–water partition coefficient (Wildman–Crippen LogP) is 1.91. The second-order valence-electron chi connectivity index (χ2n) is 4.75. The Labute approximate surface area is 120 Å². The predicted molar refractivity (Wildman–Crippen MR) is 69.1 cm³/mol. The number of carbonyl (C=O) groups is 2. The molecule has 1 atom stereocenters. The quantitative estimate of drug-likeness (QED) is 0.902. The zero-order chi connectivity index (χ0) is 15.4. The molecule has 0 saturated carbocycles. The molecule has 1 fully saturated rings. The van der Waals surface area contributed by atoms with E-state index in [0.717, 1.165) is 0 Å². The molecule has 0 spiro atoms. The van der Waals surface area contributed by atoms with E-state index in [0.29, 0.717) is 24.9 Å². The highest BCUT2D eigenvalue weighted by molar-refractivity contribution is 5.85. The van der Waals surface area contributed by atoms with Gasteiger partial charge < -0.3 is 14.7 Å². The summed E-state index contributed by atoms with van der Waals surface area (Å²) in [4.78, 5) is 24.5. The van der Waals surface area contributed by atoms with Crippen LogP contribution in [0.15, 0.2) is 24.3 Å². The van der Waals surface area contributed by atoms with Crippen molar-refractivity contribution in [3.63, 3.8) is 0 Å². The summed E-state index contributed by atoms with van der Waals surface area (Å²) >= 11 is 0. The average Bonchev–Trinajstić information content (AvgIpc) is 2.90. The fraction of sp³-hybridized carbons (Fsp3) is 0.429. The molecule has 2 rings (SSSR count). The largest absolute Gasteiger partial charge is 0.480 e. The van der Waals surface area contributed by atoms with Crippen LogP contribution in [0.4, 0.5) is 8.78 Å². The molecule has 1 saturated heterocycles. The van der Waals surface area contributed by atoms with E-state index >= 15 is 0 Å².